The second-order valence-corrected chi connectivity index (χ2v) is 5.78. The minimum Gasteiger partial charge on any atom is -0.373 e. The van der Waals surface area contributed by atoms with Crippen LogP contribution in [-0.2, 0) is 4.74 Å². The highest BCUT2D eigenvalue weighted by atomic mass is 16.5. The zero-order valence-corrected chi connectivity index (χ0v) is 10.3. The SMILES string of the molecule is CC(C)(C)OC1CCN(C2CNC2)CC1. The van der Waals surface area contributed by atoms with Crippen LogP contribution in [0.15, 0.2) is 0 Å². The van der Waals surface area contributed by atoms with E-state index in [0.29, 0.717) is 6.10 Å². The van der Waals surface area contributed by atoms with E-state index in [2.05, 4.69) is 31.0 Å². The van der Waals surface area contributed by atoms with Gasteiger partial charge in [-0.15, -0.1) is 0 Å². The quantitative estimate of drug-likeness (QED) is 0.745. The van der Waals surface area contributed by atoms with Crippen molar-refractivity contribution in [2.24, 2.45) is 0 Å². The maximum atomic E-state index is 6.02. The molecule has 0 aliphatic carbocycles. The lowest BCUT2D eigenvalue weighted by Crippen LogP contribution is -2.59. The highest BCUT2D eigenvalue weighted by Crippen LogP contribution is 2.21. The van der Waals surface area contributed by atoms with E-state index in [4.69, 9.17) is 4.74 Å². The molecule has 2 fully saturated rings. The molecule has 0 aromatic carbocycles. The summed E-state index contributed by atoms with van der Waals surface area (Å²) in [6, 6.07) is 0.806. The number of rotatable bonds is 2. The van der Waals surface area contributed by atoms with Gasteiger partial charge in [0.1, 0.15) is 0 Å². The van der Waals surface area contributed by atoms with Crippen molar-refractivity contribution >= 4 is 0 Å². The normalized spacial score (nSPS) is 26.6. The predicted molar refractivity (Wildman–Crippen MR) is 62.1 cm³/mol. The molecule has 2 aliphatic rings. The van der Waals surface area contributed by atoms with Gasteiger partial charge in [-0.3, -0.25) is 4.90 Å². The van der Waals surface area contributed by atoms with Gasteiger partial charge >= 0.3 is 0 Å². The molecule has 0 aromatic heterocycles. The number of nitrogens with one attached hydrogen (secondary N) is 1. The van der Waals surface area contributed by atoms with E-state index < -0.39 is 0 Å². The van der Waals surface area contributed by atoms with Crippen molar-refractivity contribution in [3.63, 3.8) is 0 Å². The molecule has 2 aliphatic heterocycles. The molecule has 0 unspecified atom stereocenters. The van der Waals surface area contributed by atoms with Crippen LogP contribution in [0.1, 0.15) is 33.6 Å². The smallest absolute Gasteiger partial charge is 0.0606 e. The fraction of sp³-hybridized carbons (Fsp3) is 1.00. The molecule has 1 N–H and O–H groups in total. The molecule has 0 radical (unpaired) electrons. The Morgan fingerprint density at radius 2 is 1.73 bits per heavy atom. The molecular weight excluding hydrogens is 188 g/mol. The summed E-state index contributed by atoms with van der Waals surface area (Å²) in [4.78, 5) is 2.61. The number of nitrogens with zero attached hydrogens (tertiary/aromatic N) is 1. The molecule has 88 valence electrons. The van der Waals surface area contributed by atoms with E-state index in [-0.39, 0.29) is 5.60 Å². The molecular formula is C12H24N2O. The Balaban J connectivity index is 1.72. The monoisotopic (exact) mass is 212 g/mol. The van der Waals surface area contributed by atoms with Crippen molar-refractivity contribution in [2.45, 2.75) is 51.4 Å². The molecule has 2 rings (SSSR count). The fourth-order valence-corrected chi connectivity index (χ4v) is 2.39. The minimum absolute atomic E-state index is 0.0187. The maximum absolute atomic E-state index is 6.02. The minimum atomic E-state index is 0.0187. The predicted octanol–water partition coefficient (Wildman–Crippen LogP) is 1.24. The zero-order chi connectivity index (χ0) is 10.9. The Morgan fingerprint density at radius 1 is 1.13 bits per heavy atom. The van der Waals surface area contributed by atoms with Gasteiger partial charge in [-0.2, -0.15) is 0 Å². The van der Waals surface area contributed by atoms with E-state index in [1.54, 1.807) is 0 Å². The van der Waals surface area contributed by atoms with Crippen LogP contribution >= 0.6 is 0 Å². The molecule has 0 spiro atoms. The van der Waals surface area contributed by atoms with Gasteiger partial charge in [-0.1, -0.05) is 0 Å². The van der Waals surface area contributed by atoms with Crippen molar-refractivity contribution < 1.29 is 4.74 Å². The first-order valence-electron chi connectivity index (χ1n) is 6.17. The summed E-state index contributed by atoms with van der Waals surface area (Å²) in [5, 5.41) is 3.34. The van der Waals surface area contributed by atoms with Gasteiger partial charge in [-0.25, -0.2) is 0 Å². The van der Waals surface area contributed by atoms with Crippen molar-refractivity contribution in [1.82, 2.24) is 10.2 Å². The van der Waals surface area contributed by atoms with Crippen LogP contribution in [-0.4, -0.2) is 48.8 Å². The van der Waals surface area contributed by atoms with Crippen LogP contribution < -0.4 is 5.32 Å². The molecule has 0 amide bonds. The van der Waals surface area contributed by atoms with E-state index >= 15 is 0 Å². The number of hydrogen-bond acceptors (Lipinski definition) is 3. The molecule has 3 heteroatoms. The van der Waals surface area contributed by atoms with Crippen molar-refractivity contribution in [2.75, 3.05) is 26.2 Å². The van der Waals surface area contributed by atoms with Crippen LogP contribution in [0.3, 0.4) is 0 Å². The number of piperidine rings is 1. The van der Waals surface area contributed by atoms with Crippen molar-refractivity contribution in [3.05, 3.63) is 0 Å². The molecule has 15 heavy (non-hydrogen) atoms. The zero-order valence-electron chi connectivity index (χ0n) is 10.3. The lowest BCUT2D eigenvalue weighted by molar-refractivity contribution is -0.0871. The van der Waals surface area contributed by atoms with Crippen LogP contribution in [0.4, 0.5) is 0 Å². The van der Waals surface area contributed by atoms with E-state index in [0.717, 1.165) is 6.04 Å². The summed E-state index contributed by atoms with van der Waals surface area (Å²) in [6.07, 6.45) is 2.89. The molecule has 2 saturated heterocycles. The lowest BCUT2D eigenvalue weighted by Gasteiger charge is -2.43. The van der Waals surface area contributed by atoms with Gasteiger partial charge in [0.25, 0.3) is 0 Å². The first-order chi connectivity index (χ1) is 7.04. The number of hydrogen-bond donors (Lipinski definition) is 1. The van der Waals surface area contributed by atoms with Crippen LogP contribution in [0.5, 0.6) is 0 Å². The summed E-state index contributed by atoms with van der Waals surface area (Å²) in [5.41, 5.74) is 0.0187. The van der Waals surface area contributed by atoms with E-state index in [1.165, 1.54) is 39.0 Å². The Kier molecular flexibility index (Phi) is 3.33. The first kappa shape index (κ1) is 11.4. The lowest BCUT2D eigenvalue weighted by atomic mass is 10.0. The molecule has 0 saturated carbocycles. The van der Waals surface area contributed by atoms with Crippen molar-refractivity contribution in [3.8, 4) is 0 Å². The highest BCUT2D eigenvalue weighted by molar-refractivity contribution is 4.87. The molecule has 0 atom stereocenters. The van der Waals surface area contributed by atoms with Gasteiger partial charge in [0.2, 0.25) is 0 Å². The third-order valence-corrected chi connectivity index (χ3v) is 3.27. The average molecular weight is 212 g/mol. The van der Waals surface area contributed by atoms with Crippen molar-refractivity contribution in [1.29, 1.82) is 0 Å². The molecule has 0 bridgehead atoms. The second kappa shape index (κ2) is 4.40. The summed E-state index contributed by atoms with van der Waals surface area (Å²) < 4.78 is 6.02. The van der Waals surface area contributed by atoms with Gasteiger partial charge in [0.15, 0.2) is 0 Å². The summed E-state index contributed by atoms with van der Waals surface area (Å²) in [7, 11) is 0. The highest BCUT2D eigenvalue weighted by Gasteiger charge is 2.30. The van der Waals surface area contributed by atoms with Gasteiger partial charge < -0.3 is 10.1 Å². The topological polar surface area (TPSA) is 24.5 Å². The Labute approximate surface area is 93.2 Å². The van der Waals surface area contributed by atoms with Gasteiger partial charge in [-0.05, 0) is 33.6 Å². The third kappa shape index (κ3) is 3.16. The van der Waals surface area contributed by atoms with Crippen LogP contribution in [0.25, 0.3) is 0 Å². The Morgan fingerprint density at radius 3 is 2.13 bits per heavy atom. The standard InChI is InChI=1S/C12H24N2O/c1-12(2,3)15-11-4-6-14(7-5-11)10-8-13-9-10/h10-11,13H,4-9H2,1-3H3. The first-order valence-corrected chi connectivity index (χ1v) is 6.17. The number of ether oxygens (including phenoxy) is 1. The summed E-state index contributed by atoms with van der Waals surface area (Å²) in [6.45, 7) is 11.2. The van der Waals surface area contributed by atoms with Crippen LogP contribution in [0.2, 0.25) is 0 Å². The molecule has 3 nitrogen and oxygen atoms in total. The number of likely N-dealkylation sites (tertiary alicyclic amines) is 1. The largest absolute Gasteiger partial charge is 0.373 e. The Hall–Kier alpha value is -0.120. The maximum Gasteiger partial charge on any atom is 0.0606 e. The second-order valence-electron chi connectivity index (χ2n) is 5.78. The van der Waals surface area contributed by atoms with E-state index in [9.17, 15) is 0 Å². The molecule has 2 heterocycles. The fourth-order valence-electron chi connectivity index (χ4n) is 2.39. The average Bonchev–Trinajstić information content (AvgIpc) is 2.02. The third-order valence-electron chi connectivity index (χ3n) is 3.27. The summed E-state index contributed by atoms with van der Waals surface area (Å²) >= 11 is 0. The Bertz CT molecular complexity index is 200. The van der Waals surface area contributed by atoms with E-state index in [1.807, 2.05) is 0 Å². The summed E-state index contributed by atoms with van der Waals surface area (Å²) in [5.74, 6) is 0. The van der Waals surface area contributed by atoms with Crippen LogP contribution in [0, 0.1) is 0 Å². The molecule has 0 aromatic rings. The van der Waals surface area contributed by atoms with Gasteiger partial charge in [0, 0.05) is 32.2 Å². The van der Waals surface area contributed by atoms with Gasteiger partial charge in [0.05, 0.1) is 11.7 Å².